The van der Waals surface area contributed by atoms with Crippen LogP contribution >= 0.6 is 0 Å². The smallest absolute Gasteiger partial charge is 0.340 e. The van der Waals surface area contributed by atoms with Crippen LogP contribution in [-0.4, -0.2) is 19.0 Å². The van der Waals surface area contributed by atoms with Gasteiger partial charge in [0.1, 0.15) is 6.61 Å². The number of hydrogen-bond acceptors (Lipinski definition) is 4. The summed E-state index contributed by atoms with van der Waals surface area (Å²) in [5.41, 5.74) is 1.50. The predicted octanol–water partition coefficient (Wildman–Crippen LogP) is 4.44. The molecule has 3 rings (SSSR count). The molecule has 0 atom stereocenters. The van der Waals surface area contributed by atoms with Crippen molar-refractivity contribution >= 4 is 17.6 Å². The van der Waals surface area contributed by atoms with Gasteiger partial charge >= 0.3 is 5.97 Å². The zero-order valence-corrected chi connectivity index (χ0v) is 15.1. The molecule has 0 aromatic heterocycles. The molecule has 0 bridgehead atoms. The second-order valence-corrected chi connectivity index (χ2v) is 5.91. The van der Waals surface area contributed by atoms with Crippen LogP contribution in [0.2, 0.25) is 0 Å². The van der Waals surface area contributed by atoms with E-state index in [0.29, 0.717) is 16.8 Å². The summed E-state index contributed by atoms with van der Waals surface area (Å²) in [6.45, 7) is -0.110. The molecular formula is C22H18FNO4. The number of rotatable bonds is 6. The van der Waals surface area contributed by atoms with Gasteiger partial charge in [0.2, 0.25) is 0 Å². The molecule has 1 N–H and O–H groups in total. The molecule has 142 valence electrons. The maximum Gasteiger partial charge on any atom is 0.340 e. The first-order chi connectivity index (χ1) is 13.6. The summed E-state index contributed by atoms with van der Waals surface area (Å²) in [4.78, 5) is 24.8. The molecule has 6 heteroatoms. The topological polar surface area (TPSA) is 64.6 Å². The summed E-state index contributed by atoms with van der Waals surface area (Å²) >= 11 is 0. The van der Waals surface area contributed by atoms with Crippen molar-refractivity contribution in [2.75, 3.05) is 12.4 Å². The highest BCUT2D eigenvalue weighted by Gasteiger charge is 2.15. The molecule has 3 aromatic carbocycles. The Hall–Kier alpha value is -3.67. The van der Waals surface area contributed by atoms with Crippen LogP contribution in [0, 0.1) is 5.82 Å². The average molecular weight is 379 g/mol. The van der Waals surface area contributed by atoms with E-state index in [1.807, 2.05) is 6.07 Å². The number of anilines is 1. The van der Waals surface area contributed by atoms with E-state index in [2.05, 4.69) is 5.32 Å². The van der Waals surface area contributed by atoms with Crippen molar-refractivity contribution in [1.82, 2.24) is 0 Å². The minimum atomic E-state index is -0.625. The number of halogens is 1. The number of ether oxygens (including phenoxy) is 2. The second kappa shape index (κ2) is 8.81. The number of methoxy groups -OCH3 is 1. The number of carbonyl (C=O) groups excluding carboxylic acids is 2. The van der Waals surface area contributed by atoms with E-state index in [0.717, 1.165) is 0 Å². The molecule has 5 nitrogen and oxygen atoms in total. The minimum absolute atomic E-state index is 0.110. The van der Waals surface area contributed by atoms with Crippen LogP contribution in [0.1, 0.15) is 26.3 Å². The number of carbonyl (C=O) groups is 2. The Morgan fingerprint density at radius 2 is 1.68 bits per heavy atom. The van der Waals surface area contributed by atoms with Gasteiger partial charge in [0.05, 0.1) is 18.4 Å². The van der Waals surface area contributed by atoms with Crippen molar-refractivity contribution < 1.29 is 23.5 Å². The molecule has 0 spiro atoms. The van der Waals surface area contributed by atoms with Crippen LogP contribution in [0.4, 0.5) is 10.1 Å². The highest BCUT2D eigenvalue weighted by molar-refractivity contribution is 6.07. The normalized spacial score (nSPS) is 10.2. The number of nitrogens with one attached hydrogen (secondary N) is 1. The Labute approximate surface area is 161 Å². The molecule has 3 aromatic rings. The quantitative estimate of drug-likeness (QED) is 0.643. The molecule has 0 heterocycles. The third-order valence-electron chi connectivity index (χ3n) is 4.02. The summed E-state index contributed by atoms with van der Waals surface area (Å²) in [6.07, 6.45) is 0. The third-order valence-corrected chi connectivity index (χ3v) is 4.02. The van der Waals surface area contributed by atoms with Crippen LogP contribution in [-0.2, 0) is 11.3 Å². The van der Waals surface area contributed by atoms with Crippen LogP contribution < -0.4 is 10.1 Å². The van der Waals surface area contributed by atoms with Crippen LogP contribution in [0.25, 0.3) is 0 Å². The van der Waals surface area contributed by atoms with Gasteiger partial charge in [0, 0.05) is 5.56 Å². The molecule has 0 unspecified atom stereocenters. The van der Waals surface area contributed by atoms with E-state index in [1.165, 1.54) is 19.2 Å². The highest BCUT2D eigenvalue weighted by Crippen LogP contribution is 2.20. The first-order valence-electron chi connectivity index (χ1n) is 8.53. The van der Waals surface area contributed by atoms with Gasteiger partial charge in [-0.2, -0.15) is 0 Å². The maximum absolute atomic E-state index is 13.8. The Morgan fingerprint density at radius 3 is 2.39 bits per heavy atom. The van der Waals surface area contributed by atoms with Gasteiger partial charge in [-0.25, -0.2) is 9.18 Å². The number of para-hydroxylation sites is 1. The lowest BCUT2D eigenvalue weighted by molar-refractivity contribution is 0.0473. The Morgan fingerprint density at radius 1 is 0.964 bits per heavy atom. The SMILES string of the molecule is COc1ccc(COC(=O)c2ccccc2NC(=O)c2ccccc2)cc1F. The van der Waals surface area contributed by atoms with E-state index < -0.39 is 11.8 Å². The van der Waals surface area contributed by atoms with Crippen LogP contribution in [0.5, 0.6) is 5.75 Å². The highest BCUT2D eigenvalue weighted by atomic mass is 19.1. The van der Waals surface area contributed by atoms with Crippen LogP contribution in [0.15, 0.2) is 72.8 Å². The fourth-order valence-electron chi connectivity index (χ4n) is 2.58. The van der Waals surface area contributed by atoms with Gasteiger partial charge < -0.3 is 14.8 Å². The number of benzene rings is 3. The van der Waals surface area contributed by atoms with E-state index >= 15 is 0 Å². The molecule has 0 fully saturated rings. The maximum atomic E-state index is 13.8. The summed E-state index contributed by atoms with van der Waals surface area (Å²) in [5.74, 6) is -1.38. The number of esters is 1. The lowest BCUT2D eigenvalue weighted by Gasteiger charge is -2.11. The fourth-order valence-corrected chi connectivity index (χ4v) is 2.58. The minimum Gasteiger partial charge on any atom is -0.494 e. The van der Waals surface area contributed by atoms with E-state index in [9.17, 15) is 14.0 Å². The lowest BCUT2D eigenvalue weighted by Crippen LogP contribution is -2.15. The van der Waals surface area contributed by atoms with Gasteiger partial charge in [0.15, 0.2) is 11.6 Å². The van der Waals surface area contributed by atoms with Crippen molar-refractivity contribution in [3.63, 3.8) is 0 Å². The molecule has 0 aliphatic rings. The summed E-state index contributed by atoms with van der Waals surface area (Å²) in [7, 11) is 1.37. The lowest BCUT2D eigenvalue weighted by atomic mass is 10.1. The van der Waals surface area contributed by atoms with Crippen molar-refractivity contribution in [3.8, 4) is 5.75 Å². The van der Waals surface area contributed by atoms with Gasteiger partial charge in [-0.15, -0.1) is 0 Å². The summed E-state index contributed by atoms with van der Waals surface area (Å²) < 4.78 is 23.9. The van der Waals surface area contributed by atoms with Crippen molar-refractivity contribution in [2.24, 2.45) is 0 Å². The first kappa shape index (κ1) is 19.1. The standard InChI is InChI=1S/C22H18FNO4/c1-27-20-12-11-15(13-18(20)23)14-28-22(26)17-9-5-6-10-19(17)24-21(25)16-7-3-2-4-8-16/h2-13H,14H2,1H3,(H,24,25). The summed E-state index contributed by atoms with van der Waals surface area (Å²) in [6, 6.07) is 19.5. The largest absolute Gasteiger partial charge is 0.494 e. The molecule has 1 amide bonds. The molecule has 0 aliphatic heterocycles. The Bertz CT molecular complexity index is 989. The zero-order valence-electron chi connectivity index (χ0n) is 15.1. The van der Waals surface area contributed by atoms with E-state index in [-0.39, 0.29) is 23.8 Å². The van der Waals surface area contributed by atoms with Gasteiger partial charge in [-0.3, -0.25) is 4.79 Å². The molecular weight excluding hydrogens is 361 g/mol. The third kappa shape index (κ3) is 4.54. The van der Waals surface area contributed by atoms with Crippen molar-refractivity contribution in [2.45, 2.75) is 6.61 Å². The molecule has 28 heavy (non-hydrogen) atoms. The Balaban J connectivity index is 1.70. The zero-order chi connectivity index (χ0) is 19.9. The second-order valence-electron chi connectivity index (χ2n) is 5.91. The Kier molecular flexibility index (Phi) is 6.01. The monoisotopic (exact) mass is 379 g/mol. The predicted molar refractivity (Wildman–Crippen MR) is 103 cm³/mol. The van der Waals surface area contributed by atoms with Crippen LogP contribution in [0.3, 0.4) is 0 Å². The van der Waals surface area contributed by atoms with Gasteiger partial charge in [-0.05, 0) is 42.0 Å². The van der Waals surface area contributed by atoms with E-state index in [4.69, 9.17) is 9.47 Å². The number of amides is 1. The first-order valence-corrected chi connectivity index (χ1v) is 8.53. The summed E-state index contributed by atoms with van der Waals surface area (Å²) in [5, 5.41) is 2.71. The van der Waals surface area contributed by atoms with Crippen molar-refractivity contribution in [3.05, 3.63) is 95.3 Å². The molecule has 0 aliphatic carbocycles. The van der Waals surface area contributed by atoms with Gasteiger partial charge in [-0.1, -0.05) is 36.4 Å². The number of hydrogen-bond donors (Lipinski definition) is 1. The molecule has 0 saturated heterocycles. The fraction of sp³-hybridized carbons (Fsp3) is 0.0909. The van der Waals surface area contributed by atoms with E-state index in [1.54, 1.807) is 54.6 Å². The molecule has 0 saturated carbocycles. The average Bonchev–Trinajstić information content (AvgIpc) is 2.73. The van der Waals surface area contributed by atoms with Gasteiger partial charge in [0.25, 0.3) is 5.91 Å². The molecule has 0 radical (unpaired) electrons. The van der Waals surface area contributed by atoms with Crippen molar-refractivity contribution in [1.29, 1.82) is 0 Å².